The van der Waals surface area contributed by atoms with E-state index in [0.29, 0.717) is 11.4 Å². The van der Waals surface area contributed by atoms with Crippen LogP contribution in [-0.2, 0) is 4.79 Å². The van der Waals surface area contributed by atoms with Gasteiger partial charge in [0.1, 0.15) is 11.9 Å². The second kappa shape index (κ2) is 6.39. The van der Waals surface area contributed by atoms with Crippen LogP contribution in [0.15, 0.2) is 23.1 Å². The van der Waals surface area contributed by atoms with Gasteiger partial charge >= 0.3 is 0 Å². The van der Waals surface area contributed by atoms with Crippen molar-refractivity contribution in [2.24, 2.45) is 0 Å². The fourth-order valence-corrected chi connectivity index (χ4v) is 1.56. The van der Waals surface area contributed by atoms with Gasteiger partial charge in [0.05, 0.1) is 5.56 Å². The van der Waals surface area contributed by atoms with E-state index < -0.39 is 17.8 Å². The molecule has 0 spiro atoms. The standard InChI is InChI=1S/C12H15FN2O2S/c1-3-14-11(16)7(2)15-12(17)9-6-8(18)4-5-10(9)13/h4-7,18H,3H2,1-2H3,(H,14,16)(H,15,17). The highest BCUT2D eigenvalue weighted by molar-refractivity contribution is 7.80. The van der Waals surface area contributed by atoms with Crippen LogP contribution < -0.4 is 10.6 Å². The predicted octanol–water partition coefficient (Wildman–Crippen LogP) is 1.37. The number of benzene rings is 1. The molecule has 6 heteroatoms. The van der Waals surface area contributed by atoms with E-state index in [2.05, 4.69) is 23.3 Å². The lowest BCUT2D eigenvalue weighted by Gasteiger charge is -2.13. The summed E-state index contributed by atoms with van der Waals surface area (Å²) in [7, 11) is 0. The summed E-state index contributed by atoms with van der Waals surface area (Å²) in [6.07, 6.45) is 0. The third kappa shape index (κ3) is 3.73. The van der Waals surface area contributed by atoms with E-state index in [4.69, 9.17) is 0 Å². The molecule has 1 aromatic carbocycles. The highest BCUT2D eigenvalue weighted by atomic mass is 32.1. The number of carbonyl (C=O) groups is 2. The third-order valence-corrected chi connectivity index (χ3v) is 2.56. The zero-order chi connectivity index (χ0) is 13.7. The Morgan fingerprint density at radius 1 is 1.44 bits per heavy atom. The molecule has 0 saturated heterocycles. The van der Waals surface area contributed by atoms with Crippen LogP contribution in [-0.4, -0.2) is 24.4 Å². The van der Waals surface area contributed by atoms with Gasteiger partial charge in [-0.05, 0) is 32.0 Å². The first-order chi connectivity index (χ1) is 8.45. The van der Waals surface area contributed by atoms with Gasteiger partial charge in [-0.25, -0.2) is 4.39 Å². The fraction of sp³-hybridized carbons (Fsp3) is 0.333. The maximum atomic E-state index is 13.4. The van der Waals surface area contributed by atoms with Gasteiger partial charge in [0, 0.05) is 11.4 Å². The lowest BCUT2D eigenvalue weighted by molar-refractivity contribution is -0.122. The van der Waals surface area contributed by atoms with Crippen molar-refractivity contribution in [3.05, 3.63) is 29.6 Å². The summed E-state index contributed by atoms with van der Waals surface area (Å²) in [6, 6.07) is 3.20. The molecule has 1 aromatic rings. The van der Waals surface area contributed by atoms with Gasteiger partial charge in [-0.3, -0.25) is 9.59 Å². The normalized spacial score (nSPS) is 11.8. The molecule has 98 valence electrons. The van der Waals surface area contributed by atoms with Crippen molar-refractivity contribution < 1.29 is 14.0 Å². The van der Waals surface area contributed by atoms with E-state index in [9.17, 15) is 14.0 Å². The number of nitrogens with one attached hydrogen (secondary N) is 2. The highest BCUT2D eigenvalue weighted by Crippen LogP contribution is 2.13. The molecule has 0 saturated carbocycles. The van der Waals surface area contributed by atoms with Crippen LogP contribution in [0.5, 0.6) is 0 Å². The first kappa shape index (κ1) is 14.5. The Balaban J connectivity index is 2.76. The van der Waals surface area contributed by atoms with E-state index in [1.165, 1.54) is 19.1 Å². The van der Waals surface area contributed by atoms with Gasteiger partial charge in [-0.2, -0.15) is 0 Å². The summed E-state index contributed by atoms with van der Waals surface area (Å²) < 4.78 is 13.4. The third-order valence-electron chi connectivity index (χ3n) is 2.29. The molecular weight excluding hydrogens is 255 g/mol. The average molecular weight is 270 g/mol. The number of hydrogen-bond donors (Lipinski definition) is 3. The summed E-state index contributed by atoms with van der Waals surface area (Å²) in [4.78, 5) is 23.7. The zero-order valence-corrected chi connectivity index (χ0v) is 11.1. The van der Waals surface area contributed by atoms with Crippen molar-refractivity contribution in [3.63, 3.8) is 0 Å². The number of likely N-dealkylation sites (N-methyl/N-ethyl adjacent to an activating group) is 1. The van der Waals surface area contributed by atoms with Crippen LogP contribution in [0.25, 0.3) is 0 Å². The summed E-state index contributed by atoms with van der Waals surface area (Å²) in [6.45, 7) is 3.78. The van der Waals surface area contributed by atoms with Gasteiger partial charge in [0.15, 0.2) is 0 Å². The number of hydrogen-bond acceptors (Lipinski definition) is 3. The van der Waals surface area contributed by atoms with E-state index in [1.54, 1.807) is 6.92 Å². The van der Waals surface area contributed by atoms with Crippen LogP contribution in [0.2, 0.25) is 0 Å². The van der Waals surface area contributed by atoms with Crippen molar-refractivity contribution in [2.75, 3.05) is 6.54 Å². The second-order valence-corrected chi connectivity index (χ2v) is 4.27. The Labute approximate surface area is 110 Å². The lowest BCUT2D eigenvalue weighted by Crippen LogP contribution is -2.44. The minimum atomic E-state index is -0.722. The molecule has 0 fully saturated rings. The van der Waals surface area contributed by atoms with Gasteiger partial charge in [-0.15, -0.1) is 12.6 Å². The van der Waals surface area contributed by atoms with Crippen LogP contribution in [0, 0.1) is 5.82 Å². The second-order valence-electron chi connectivity index (χ2n) is 3.75. The van der Waals surface area contributed by atoms with Gasteiger partial charge < -0.3 is 10.6 Å². The van der Waals surface area contributed by atoms with Crippen molar-refractivity contribution in [1.29, 1.82) is 0 Å². The van der Waals surface area contributed by atoms with E-state index in [0.717, 1.165) is 6.07 Å². The van der Waals surface area contributed by atoms with Crippen molar-refractivity contribution in [2.45, 2.75) is 24.8 Å². The molecule has 1 atom stereocenters. The molecule has 0 bridgehead atoms. The highest BCUT2D eigenvalue weighted by Gasteiger charge is 2.18. The Morgan fingerprint density at radius 3 is 2.72 bits per heavy atom. The van der Waals surface area contributed by atoms with Crippen molar-refractivity contribution in [1.82, 2.24) is 10.6 Å². The Bertz CT molecular complexity index is 465. The average Bonchev–Trinajstić information content (AvgIpc) is 2.32. The zero-order valence-electron chi connectivity index (χ0n) is 10.2. The lowest BCUT2D eigenvalue weighted by atomic mass is 10.2. The minimum absolute atomic E-state index is 0.126. The predicted molar refractivity (Wildman–Crippen MR) is 69.3 cm³/mol. The molecule has 4 nitrogen and oxygen atoms in total. The molecule has 0 aliphatic carbocycles. The molecule has 0 aliphatic rings. The first-order valence-electron chi connectivity index (χ1n) is 5.52. The summed E-state index contributed by atoms with van der Waals surface area (Å²) >= 11 is 4.03. The van der Waals surface area contributed by atoms with Gasteiger partial charge in [0.25, 0.3) is 5.91 Å². The number of thiol groups is 1. The SMILES string of the molecule is CCNC(=O)C(C)NC(=O)c1cc(S)ccc1F. The van der Waals surface area contributed by atoms with E-state index >= 15 is 0 Å². The van der Waals surface area contributed by atoms with Gasteiger partial charge in [0.2, 0.25) is 5.91 Å². The monoisotopic (exact) mass is 270 g/mol. The fourth-order valence-electron chi connectivity index (χ4n) is 1.35. The van der Waals surface area contributed by atoms with Crippen molar-refractivity contribution >= 4 is 24.4 Å². The molecule has 0 heterocycles. The summed E-state index contributed by atoms with van der Waals surface area (Å²) in [5, 5.41) is 4.99. The quantitative estimate of drug-likeness (QED) is 0.724. The molecule has 2 N–H and O–H groups in total. The maximum Gasteiger partial charge on any atom is 0.254 e. The Morgan fingerprint density at radius 2 is 2.11 bits per heavy atom. The maximum absolute atomic E-state index is 13.4. The molecule has 18 heavy (non-hydrogen) atoms. The topological polar surface area (TPSA) is 58.2 Å². The number of amides is 2. The van der Waals surface area contributed by atoms with Crippen molar-refractivity contribution in [3.8, 4) is 0 Å². The van der Waals surface area contributed by atoms with Gasteiger partial charge in [-0.1, -0.05) is 0 Å². The molecular formula is C12H15FN2O2S. The van der Waals surface area contributed by atoms with E-state index in [-0.39, 0.29) is 11.5 Å². The van der Waals surface area contributed by atoms with Crippen LogP contribution in [0.1, 0.15) is 24.2 Å². The molecule has 0 radical (unpaired) electrons. The Hall–Kier alpha value is -1.56. The smallest absolute Gasteiger partial charge is 0.254 e. The number of rotatable bonds is 4. The summed E-state index contributed by atoms with van der Waals surface area (Å²) in [5.74, 6) is -1.59. The number of halogens is 1. The molecule has 0 aliphatic heterocycles. The molecule has 2 amide bonds. The van der Waals surface area contributed by atoms with Crippen LogP contribution in [0.3, 0.4) is 0 Å². The first-order valence-corrected chi connectivity index (χ1v) is 5.97. The molecule has 1 unspecified atom stereocenters. The number of carbonyl (C=O) groups excluding carboxylic acids is 2. The Kier molecular flexibility index (Phi) is 5.15. The van der Waals surface area contributed by atoms with Crippen LogP contribution in [0.4, 0.5) is 4.39 Å². The molecule has 0 aromatic heterocycles. The summed E-state index contributed by atoms with van der Waals surface area (Å²) in [5.41, 5.74) is -0.126. The van der Waals surface area contributed by atoms with Crippen LogP contribution >= 0.6 is 12.6 Å². The largest absolute Gasteiger partial charge is 0.355 e. The molecule has 1 rings (SSSR count). The van der Waals surface area contributed by atoms with E-state index in [1.807, 2.05) is 0 Å². The minimum Gasteiger partial charge on any atom is -0.355 e.